The average Bonchev–Trinajstić information content (AvgIpc) is 3.16. The van der Waals surface area contributed by atoms with Crippen LogP contribution in [0.25, 0.3) is 0 Å². The van der Waals surface area contributed by atoms with Gasteiger partial charge in [0.25, 0.3) is 0 Å². The van der Waals surface area contributed by atoms with Gasteiger partial charge in [-0.1, -0.05) is 185 Å². The fourth-order valence-corrected chi connectivity index (χ4v) is 7.49. The molecule has 0 fully saturated rings. The van der Waals surface area contributed by atoms with Gasteiger partial charge in [-0.2, -0.15) is 0 Å². The number of carbonyl (C=O) groups is 1. The van der Waals surface area contributed by atoms with Crippen molar-refractivity contribution in [2.24, 2.45) is 0 Å². The summed E-state index contributed by atoms with van der Waals surface area (Å²) in [6, 6.07) is -0.861. The minimum atomic E-state index is -4.34. The van der Waals surface area contributed by atoms with Gasteiger partial charge in [0.2, 0.25) is 5.91 Å². The zero-order valence-corrected chi connectivity index (χ0v) is 39.0. The summed E-state index contributed by atoms with van der Waals surface area (Å²) >= 11 is 0. The molecule has 0 spiro atoms. The molecule has 0 bridgehead atoms. The van der Waals surface area contributed by atoms with E-state index in [0.29, 0.717) is 17.4 Å². The topological polar surface area (TPSA) is 105 Å². The molecule has 336 valence electrons. The van der Waals surface area contributed by atoms with Crippen molar-refractivity contribution in [2.75, 3.05) is 40.9 Å². The minimum Gasteiger partial charge on any atom is -0.387 e. The Bertz CT molecular complexity index is 1030. The molecule has 0 heterocycles. The van der Waals surface area contributed by atoms with E-state index in [4.69, 9.17) is 9.05 Å². The molecular formula is C48H94N2O6P+. The summed E-state index contributed by atoms with van der Waals surface area (Å²) in [6.45, 7) is 4.79. The number of amides is 1. The van der Waals surface area contributed by atoms with Crippen LogP contribution in [0, 0.1) is 0 Å². The number of aliphatic hydroxyl groups is 1. The second-order valence-electron chi connectivity index (χ2n) is 17.5. The minimum absolute atomic E-state index is 0.0564. The summed E-state index contributed by atoms with van der Waals surface area (Å²) in [7, 11) is 1.56. The number of quaternary nitrogens is 1. The predicted molar refractivity (Wildman–Crippen MR) is 244 cm³/mol. The highest BCUT2D eigenvalue weighted by Gasteiger charge is 2.27. The van der Waals surface area contributed by atoms with Crippen molar-refractivity contribution in [1.82, 2.24) is 5.32 Å². The number of unbranched alkanes of at least 4 members (excludes halogenated alkanes) is 26. The number of phosphoric acid groups is 1. The Kier molecular flexibility index (Phi) is 39.2. The molecule has 0 aromatic rings. The van der Waals surface area contributed by atoms with Gasteiger partial charge in [-0.25, -0.2) is 4.57 Å². The Balaban J connectivity index is 4.35. The van der Waals surface area contributed by atoms with Crippen LogP contribution in [0.3, 0.4) is 0 Å². The molecule has 57 heavy (non-hydrogen) atoms. The highest BCUT2D eigenvalue weighted by atomic mass is 31.2. The molecular weight excluding hydrogens is 732 g/mol. The molecule has 0 rings (SSSR count). The van der Waals surface area contributed by atoms with Gasteiger partial charge in [-0.15, -0.1) is 0 Å². The maximum atomic E-state index is 12.9. The lowest BCUT2D eigenvalue weighted by Crippen LogP contribution is -2.45. The average molecular weight is 826 g/mol. The Hall–Kier alpha value is -1.28. The van der Waals surface area contributed by atoms with E-state index < -0.39 is 20.0 Å². The van der Waals surface area contributed by atoms with Crippen LogP contribution in [-0.4, -0.2) is 73.4 Å². The molecule has 0 aromatic carbocycles. The van der Waals surface area contributed by atoms with Crippen molar-refractivity contribution < 1.29 is 32.9 Å². The molecule has 0 aliphatic rings. The maximum absolute atomic E-state index is 12.9. The van der Waals surface area contributed by atoms with Gasteiger partial charge >= 0.3 is 7.82 Å². The van der Waals surface area contributed by atoms with Crippen molar-refractivity contribution in [3.63, 3.8) is 0 Å². The fourth-order valence-electron chi connectivity index (χ4n) is 6.76. The Morgan fingerprint density at radius 1 is 0.579 bits per heavy atom. The molecule has 0 saturated heterocycles. The summed E-state index contributed by atoms with van der Waals surface area (Å²) < 4.78 is 23.6. The van der Waals surface area contributed by atoms with E-state index in [-0.39, 0.29) is 19.1 Å². The zero-order valence-electron chi connectivity index (χ0n) is 38.1. The second-order valence-corrected chi connectivity index (χ2v) is 18.9. The number of rotatable bonds is 43. The first-order valence-electron chi connectivity index (χ1n) is 23.9. The SMILES string of the molecule is CCCCCCCC/C=C/CCCCCCCCCCCCCC(=O)N[C@@H](COP(=O)(O)OCC[N+](C)(C)C)[C@H](O)/C=C/CC/C=C/CCCCCCCCCC. The summed E-state index contributed by atoms with van der Waals surface area (Å²) in [4.78, 5) is 23.1. The monoisotopic (exact) mass is 826 g/mol. The highest BCUT2D eigenvalue weighted by molar-refractivity contribution is 7.47. The van der Waals surface area contributed by atoms with Gasteiger partial charge in [0, 0.05) is 6.42 Å². The van der Waals surface area contributed by atoms with Crippen LogP contribution in [-0.2, 0) is 18.4 Å². The van der Waals surface area contributed by atoms with E-state index in [0.717, 1.165) is 38.5 Å². The second kappa shape index (κ2) is 40.1. The van der Waals surface area contributed by atoms with E-state index in [1.54, 1.807) is 6.08 Å². The molecule has 0 aromatic heterocycles. The normalized spacial score (nSPS) is 14.6. The molecule has 0 aliphatic heterocycles. The van der Waals surface area contributed by atoms with Crippen LogP contribution in [0.1, 0.15) is 213 Å². The van der Waals surface area contributed by atoms with Crippen LogP contribution in [0.2, 0.25) is 0 Å². The molecule has 9 heteroatoms. The van der Waals surface area contributed by atoms with Gasteiger partial charge in [-0.05, 0) is 57.8 Å². The molecule has 1 unspecified atom stereocenters. The van der Waals surface area contributed by atoms with Crippen molar-refractivity contribution in [3.05, 3.63) is 36.5 Å². The molecule has 0 saturated carbocycles. The predicted octanol–water partition coefficient (Wildman–Crippen LogP) is 13.5. The maximum Gasteiger partial charge on any atom is 0.472 e. The first kappa shape index (κ1) is 55.7. The number of allylic oxidation sites excluding steroid dienone is 5. The van der Waals surface area contributed by atoms with Crippen molar-refractivity contribution in [1.29, 1.82) is 0 Å². The first-order valence-corrected chi connectivity index (χ1v) is 25.4. The lowest BCUT2D eigenvalue weighted by molar-refractivity contribution is -0.870. The Labute approximate surface area is 353 Å². The van der Waals surface area contributed by atoms with Gasteiger partial charge in [0.1, 0.15) is 13.2 Å². The number of phosphoric ester groups is 1. The van der Waals surface area contributed by atoms with E-state index in [9.17, 15) is 19.4 Å². The van der Waals surface area contributed by atoms with E-state index >= 15 is 0 Å². The summed E-state index contributed by atoms with van der Waals surface area (Å²) in [5, 5.41) is 13.8. The summed E-state index contributed by atoms with van der Waals surface area (Å²) in [6.07, 6.45) is 49.3. The van der Waals surface area contributed by atoms with Crippen LogP contribution >= 0.6 is 7.82 Å². The molecule has 3 N–H and O–H groups in total. The van der Waals surface area contributed by atoms with Gasteiger partial charge < -0.3 is 19.8 Å². The lowest BCUT2D eigenvalue weighted by atomic mass is 10.0. The van der Waals surface area contributed by atoms with Crippen LogP contribution in [0.4, 0.5) is 0 Å². The molecule has 3 atom stereocenters. The quantitative estimate of drug-likeness (QED) is 0.0245. The van der Waals surface area contributed by atoms with Gasteiger partial charge in [-0.3, -0.25) is 13.8 Å². The third-order valence-electron chi connectivity index (χ3n) is 10.6. The van der Waals surface area contributed by atoms with E-state index in [2.05, 4.69) is 43.5 Å². The molecule has 0 aliphatic carbocycles. The highest BCUT2D eigenvalue weighted by Crippen LogP contribution is 2.43. The number of hydrogen-bond donors (Lipinski definition) is 3. The third kappa shape index (κ3) is 42.6. The first-order chi connectivity index (χ1) is 27.5. The smallest absolute Gasteiger partial charge is 0.387 e. The van der Waals surface area contributed by atoms with Crippen molar-refractivity contribution >= 4 is 13.7 Å². The number of carbonyl (C=O) groups excluding carboxylic acids is 1. The largest absolute Gasteiger partial charge is 0.472 e. The molecule has 8 nitrogen and oxygen atoms in total. The van der Waals surface area contributed by atoms with E-state index in [1.165, 1.54) is 154 Å². The standard InChI is InChI=1S/C48H93N2O6P/c1-6-8-10-12-14-16-18-20-22-23-24-25-26-27-28-30-32-34-36-38-40-42-48(52)49-46(45-56-57(53,54)55-44-43-50(3,4)5)47(51)41-39-37-35-33-31-29-21-19-17-15-13-11-9-7-2/h20,22,31,33,39,41,46-47,51H,6-19,21,23-30,32,34-38,40,42-45H2,1-5H3,(H-,49,52,53,54)/p+1/b22-20+,33-31+,41-39+/t46-,47+/m0/s1. The Morgan fingerprint density at radius 3 is 1.40 bits per heavy atom. The third-order valence-corrected chi connectivity index (χ3v) is 11.6. The van der Waals surface area contributed by atoms with Crippen molar-refractivity contribution in [3.8, 4) is 0 Å². The van der Waals surface area contributed by atoms with Crippen LogP contribution < -0.4 is 5.32 Å². The molecule has 0 radical (unpaired) electrons. The lowest BCUT2D eigenvalue weighted by Gasteiger charge is -2.25. The summed E-state index contributed by atoms with van der Waals surface area (Å²) in [5.74, 6) is -0.188. The fraction of sp³-hybridized carbons (Fsp3) is 0.854. The zero-order chi connectivity index (χ0) is 42.1. The van der Waals surface area contributed by atoms with Gasteiger partial charge in [0.05, 0.1) is 39.9 Å². The van der Waals surface area contributed by atoms with Crippen LogP contribution in [0.5, 0.6) is 0 Å². The Morgan fingerprint density at radius 2 is 0.965 bits per heavy atom. The van der Waals surface area contributed by atoms with Gasteiger partial charge in [0.15, 0.2) is 0 Å². The van der Waals surface area contributed by atoms with Crippen molar-refractivity contribution in [2.45, 2.75) is 225 Å². The molecule has 1 amide bonds. The number of likely N-dealkylation sites (N-methyl/N-ethyl adjacent to an activating group) is 1. The van der Waals surface area contributed by atoms with Crippen LogP contribution in [0.15, 0.2) is 36.5 Å². The number of hydrogen-bond acceptors (Lipinski definition) is 5. The van der Waals surface area contributed by atoms with E-state index in [1.807, 2.05) is 27.2 Å². The number of aliphatic hydroxyl groups excluding tert-OH is 1. The summed E-state index contributed by atoms with van der Waals surface area (Å²) in [5.41, 5.74) is 0. The number of nitrogens with zero attached hydrogens (tertiary/aromatic N) is 1. The number of nitrogens with one attached hydrogen (secondary N) is 1.